The first-order valence-corrected chi connectivity index (χ1v) is 9.61. The molecule has 130 valence electrons. The molecule has 2 aliphatic heterocycles. The molecule has 5 nitrogen and oxygen atoms in total. The van der Waals surface area contributed by atoms with E-state index in [0.29, 0.717) is 22.5 Å². The number of amides is 3. The Balaban J connectivity index is 1.70. The molecule has 0 aromatic heterocycles. The first-order valence-electron chi connectivity index (χ1n) is 8.00. The smallest absolute Gasteiger partial charge is 0.294 e. The summed E-state index contributed by atoms with van der Waals surface area (Å²) in [5, 5.41) is -0.399. The molecule has 0 N–H and O–H groups in total. The van der Waals surface area contributed by atoms with E-state index < -0.39 is 11.1 Å². The first kappa shape index (κ1) is 17.9. The molecule has 2 fully saturated rings. The van der Waals surface area contributed by atoms with E-state index in [-0.39, 0.29) is 12.5 Å². The van der Waals surface area contributed by atoms with Crippen LogP contribution in [0.4, 0.5) is 4.79 Å². The molecule has 1 aromatic carbocycles. The predicted molar refractivity (Wildman–Crippen MR) is 102 cm³/mol. The van der Waals surface area contributed by atoms with E-state index in [4.69, 9.17) is 0 Å². The van der Waals surface area contributed by atoms with Crippen molar-refractivity contribution in [2.24, 2.45) is 0 Å². The number of carbonyl (C=O) groups excluding carboxylic acids is 3. The van der Waals surface area contributed by atoms with Crippen LogP contribution in [0, 0.1) is 0 Å². The molecule has 0 saturated carbocycles. The van der Waals surface area contributed by atoms with E-state index in [1.807, 2.05) is 36.4 Å². The van der Waals surface area contributed by atoms with Crippen LogP contribution in [-0.4, -0.2) is 46.5 Å². The Morgan fingerprint density at radius 2 is 1.84 bits per heavy atom. The zero-order valence-corrected chi connectivity index (χ0v) is 15.9. The van der Waals surface area contributed by atoms with Gasteiger partial charge in [0.15, 0.2) is 0 Å². The largest absolute Gasteiger partial charge is 0.341 e. The van der Waals surface area contributed by atoms with E-state index in [1.165, 1.54) is 0 Å². The summed E-state index contributed by atoms with van der Waals surface area (Å²) in [6.45, 7) is 1.23. The molecular formula is C18H17BrN2O3S. The minimum Gasteiger partial charge on any atom is -0.341 e. The van der Waals surface area contributed by atoms with Crippen LogP contribution in [0.1, 0.15) is 18.4 Å². The fourth-order valence-electron chi connectivity index (χ4n) is 2.71. The molecule has 25 heavy (non-hydrogen) atoms. The number of rotatable bonds is 4. The van der Waals surface area contributed by atoms with Crippen molar-refractivity contribution in [2.45, 2.75) is 12.8 Å². The Bertz CT molecular complexity index is 755. The summed E-state index contributed by atoms with van der Waals surface area (Å²) < 4.78 is 0.690. The third-order valence-corrected chi connectivity index (χ3v) is 5.36. The Morgan fingerprint density at radius 3 is 2.52 bits per heavy atom. The Hall–Kier alpha value is -1.86. The summed E-state index contributed by atoms with van der Waals surface area (Å²) >= 11 is 4.27. The topological polar surface area (TPSA) is 57.7 Å². The van der Waals surface area contributed by atoms with Gasteiger partial charge in [0.25, 0.3) is 11.1 Å². The lowest BCUT2D eigenvalue weighted by molar-refractivity contribution is -0.135. The zero-order chi connectivity index (χ0) is 17.8. The number of thioether (sulfide) groups is 1. The molecule has 2 saturated heterocycles. The second-order valence-electron chi connectivity index (χ2n) is 5.80. The van der Waals surface area contributed by atoms with E-state index in [9.17, 15) is 14.4 Å². The van der Waals surface area contributed by atoms with Gasteiger partial charge in [-0.3, -0.25) is 19.3 Å². The zero-order valence-electron chi connectivity index (χ0n) is 13.5. The number of benzene rings is 1. The molecule has 2 aliphatic rings. The van der Waals surface area contributed by atoms with E-state index in [2.05, 4.69) is 15.9 Å². The highest BCUT2D eigenvalue weighted by Crippen LogP contribution is 2.32. The Labute approximate surface area is 158 Å². The van der Waals surface area contributed by atoms with Crippen molar-refractivity contribution in [3.63, 3.8) is 0 Å². The maximum atomic E-state index is 12.5. The summed E-state index contributed by atoms with van der Waals surface area (Å²) in [6.07, 6.45) is 5.44. The lowest BCUT2D eigenvalue weighted by Gasteiger charge is -2.18. The van der Waals surface area contributed by atoms with Gasteiger partial charge in [-0.2, -0.15) is 0 Å². The van der Waals surface area contributed by atoms with Crippen molar-refractivity contribution in [3.05, 3.63) is 51.4 Å². The number of likely N-dealkylation sites (tertiary alicyclic amines) is 1. The highest BCUT2D eigenvalue weighted by molar-refractivity contribution is 9.12. The Kier molecular flexibility index (Phi) is 5.75. The number of allylic oxidation sites excluding steroid dienone is 2. The summed E-state index contributed by atoms with van der Waals surface area (Å²) in [7, 11) is 0. The van der Waals surface area contributed by atoms with E-state index >= 15 is 0 Å². The molecule has 2 heterocycles. The van der Waals surface area contributed by atoms with Crippen molar-refractivity contribution < 1.29 is 14.4 Å². The number of hydrogen-bond donors (Lipinski definition) is 0. The number of nitrogens with zero attached hydrogens (tertiary/aromatic N) is 2. The van der Waals surface area contributed by atoms with E-state index in [0.717, 1.165) is 35.1 Å². The van der Waals surface area contributed by atoms with Crippen LogP contribution in [0.25, 0.3) is 6.08 Å². The van der Waals surface area contributed by atoms with Gasteiger partial charge in [-0.15, -0.1) is 0 Å². The predicted octanol–water partition coefficient (Wildman–Crippen LogP) is 3.62. The third-order valence-electron chi connectivity index (χ3n) is 4.00. The summed E-state index contributed by atoms with van der Waals surface area (Å²) in [6, 6.07) is 9.65. The molecule has 3 amide bonds. The number of carbonyl (C=O) groups is 3. The van der Waals surface area contributed by atoms with Gasteiger partial charge in [0.2, 0.25) is 5.91 Å². The van der Waals surface area contributed by atoms with Gasteiger partial charge in [0, 0.05) is 17.6 Å². The molecule has 1 aromatic rings. The van der Waals surface area contributed by atoms with Gasteiger partial charge in [0.1, 0.15) is 6.54 Å². The van der Waals surface area contributed by atoms with Gasteiger partial charge in [-0.1, -0.05) is 46.3 Å². The average molecular weight is 421 g/mol. The molecule has 0 atom stereocenters. The molecule has 0 bridgehead atoms. The van der Waals surface area contributed by atoms with Gasteiger partial charge in [-0.25, -0.2) is 0 Å². The lowest BCUT2D eigenvalue weighted by atomic mass is 10.2. The van der Waals surface area contributed by atoms with E-state index in [1.54, 1.807) is 11.0 Å². The number of imide groups is 1. The van der Waals surface area contributed by atoms with Crippen molar-refractivity contribution in [1.82, 2.24) is 9.80 Å². The van der Waals surface area contributed by atoms with Gasteiger partial charge < -0.3 is 4.90 Å². The standard InChI is InChI=1S/C18H17BrN2O3S/c19-14(10-13-6-2-1-3-7-13)11-15-17(23)21(18(24)25-15)12-16(22)20-8-4-5-9-20/h1-3,6-7,10-11H,4-5,8-9,12H2/b14-10-,15-11-. The SMILES string of the molecule is O=C(CN1C(=O)S/C(=C\C(Br)=C\c2ccccc2)C1=O)N1CCCC1. The van der Waals surface area contributed by atoms with Gasteiger partial charge in [0.05, 0.1) is 4.91 Å². The fourth-order valence-corrected chi connectivity index (χ4v) is 4.19. The highest BCUT2D eigenvalue weighted by Gasteiger charge is 2.37. The summed E-state index contributed by atoms with van der Waals surface area (Å²) in [5.74, 6) is -0.582. The van der Waals surface area contributed by atoms with Crippen molar-refractivity contribution in [1.29, 1.82) is 0 Å². The molecule has 7 heteroatoms. The van der Waals surface area contributed by atoms with Gasteiger partial charge >= 0.3 is 0 Å². The molecule has 0 unspecified atom stereocenters. The van der Waals surface area contributed by atoms with Crippen LogP contribution in [-0.2, 0) is 9.59 Å². The fraction of sp³-hybridized carbons (Fsp3) is 0.278. The second-order valence-corrected chi connectivity index (χ2v) is 7.70. The van der Waals surface area contributed by atoms with Crippen LogP contribution in [0.15, 0.2) is 45.8 Å². The quantitative estimate of drug-likeness (QED) is 0.697. The van der Waals surface area contributed by atoms with Crippen LogP contribution in [0.2, 0.25) is 0 Å². The number of hydrogen-bond acceptors (Lipinski definition) is 4. The molecule has 0 spiro atoms. The lowest BCUT2D eigenvalue weighted by Crippen LogP contribution is -2.40. The van der Waals surface area contributed by atoms with Crippen LogP contribution >= 0.6 is 27.7 Å². The van der Waals surface area contributed by atoms with Crippen LogP contribution in [0.3, 0.4) is 0 Å². The second kappa shape index (κ2) is 8.01. The maximum Gasteiger partial charge on any atom is 0.294 e. The van der Waals surface area contributed by atoms with Crippen LogP contribution < -0.4 is 0 Å². The monoisotopic (exact) mass is 420 g/mol. The normalized spacial score (nSPS) is 20.0. The molecular weight excluding hydrogens is 404 g/mol. The van der Waals surface area contributed by atoms with Crippen LogP contribution in [0.5, 0.6) is 0 Å². The van der Waals surface area contributed by atoms with Gasteiger partial charge in [-0.05, 0) is 42.3 Å². The van der Waals surface area contributed by atoms with Crippen molar-refractivity contribution >= 4 is 50.8 Å². The molecule has 3 rings (SSSR count). The minimum absolute atomic E-state index is 0.167. The number of halogens is 1. The minimum atomic E-state index is -0.416. The molecule has 0 radical (unpaired) electrons. The third kappa shape index (κ3) is 4.41. The summed E-state index contributed by atoms with van der Waals surface area (Å²) in [5.41, 5.74) is 0.981. The molecule has 0 aliphatic carbocycles. The highest BCUT2D eigenvalue weighted by atomic mass is 79.9. The van der Waals surface area contributed by atoms with Crippen molar-refractivity contribution in [2.75, 3.05) is 19.6 Å². The maximum absolute atomic E-state index is 12.5. The van der Waals surface area contributed by atoms with Crippen molar-refractivity contribution in [3.8, 4) is 0 Å². The summed E-state index contributed by atoms with van der Waals surface area (Å²) in [4.78, 5) is 39.8. The first-order chi connectivity index (χ1) is 12.0. The average Bonchev–Trinajstić information content (AvgIpc) is 3.21. The Morgan fingerprint density at radius 1 is 1.16 bits per heavy atom.